The lowest BCUT2D eigenvalue weighted by molar-refractivity contribution is -0.115. The summed E-state index contributed by atoms with van der Waals surface area (Å²) in [7, 11) is -3.26. The standard InChI is InChI=1S/C27H28ClN3O3S/c1-4-35(33,34)23-12-7-20(8-13-23)16-27(32)29-22-11-14-24-25(17-22)31(18(2)3)26(30-24)15-19-5-9-21(28)10-6-19/h5-14,17-18H,4,15-16H2,1-3H3,(H,29,32). The van der Waals surface area contributed by atoms with Crippen molar-refractivity contribution in [3.05, 3.63) is 88.7 Å². The van der Waals surface area contributed by atoms with E-state index in [0.29, 0.717) is 17.1 Å². The first-order valence-corrected chi connectivity index (χ1v) is 13.6. The van der Waals surface area contributed by atoms with E-state index in [0.717, 1.165) is 28.0 Å². The Kier molecular flexibility index (Phi) is 7.28. The fourth-order valence-corrected chi connectivity index (χ4v) is 5.09. The van der Waals surface area contributed by atoms with E-state index in [1.54, 1.807) is 31.2 Å². The van der Waals surface area contributed by atoms with Crippen LogP contribution in [-0.2, 0) is 27.5 Å². The van der Waals surface area contributed by atoms with Crippen LogP contribution in [0.1, 0.15) is 43.8 Å². The minimum absolute atomic E-state index is 0.0453. The van der Waals surface area contributed by atoms with Crippen LogP contribution in [0.25, 0.3) is 11.0 Å². The molecule has 0 aliphatic carbocycles. The zero-order valence-electron chi connectivity index (χ0n) is 20.0. The number of rotatable bonds is 8. The summed E-state index contributed by atoms with van der Waals surface area (Å²) in [4.78, 5) is 17.8. The van der Waals surface area contributed by atoms with Crippen LogP contribution in [-0.4, -0.2) is 29.6 Å². The first-order valence-electron chi connectivity index (χ1n) is 11.5. The Morgan fingerprint density at radius 1 is 1.00 bits per heavy atom. The lowest BCUT2D eigenvalue weighted by Crippen LogP contribution is -2.14. The molecular weight excluding hydrogens is 482 g/mol. The van der Waals surface area contributed by atoms with Gasteiger partial charge in [0.1, 0.15) is 5.82 Å². The summed E-state index contributed by atoms with van der Waals surface area (Å²) >= 11 is 6.02. The Hall–Kier alpha value is -3.16. The molecule has 1 N–H and O–H groups in total. The number of amides is 1. The third kappa shape index (κ3) is 5.74. The van der Waals surface area contributed by atoms with Crippen LogP contribution >= 0.6 is 11.6 Å². The van der Waals surface area contributed by atoms with Crippen molar-refractivity contribution in [3.63, 3.8) is 0 Å². The van der Waals surface area contributed by atoms with Gasteiger partial charge in [-0.2, -0.15) is 0 Å². The van der Waals surface area contributed by atoms with E-state index in [4.69, 9.17) is 16.6 Å². The molecule has 0 aliphatic rings. The molecule has 1 heterocycles. The van der Waals surface area contributed by atoms with Crippen LogP contribution in [0.2, 0.25) is 5.02 Å². The third-order valence-corrected chi connectivity index (χ3v) is 7.87. The van der Waals surface area contributed by atoms with E-state index < -0.39 is 9.84 Å². The highest BCUT2D eigenvalue weighted by Crippen LogP contribution is 2.26. The second-order valence-corrected chi connectivity index (χ2v) is 11.5. The van der Waals surface area contributed by atoms with Gasteiger partial charge in [0.2, 0.25) is 5.91 Å². The number of hydrogen-bond donors (Lipinski definition) is 1. The molecule has 6 nitrogen and oxygen atoms in total. The second-order valence-electron chi connectivity index (χ2n) is 8.77. The summed E-state index contributed by atoms with van der Waals surface area (Å²) in [5.74, 6) is 0.819. The number of anilines is 1. The molecule has 4 aromatic rings. The van der Waals surface area contributed by atoms with Gasteiger partial charge in [0.25, 0.3) is 0 Å². The van der Waals surface area contributed by atoms with Crippen LogP contribution in [0.15, 0.2) is 71.6 Å². The number of carbonyl (C=O) groups excluding carboxylic acids is 1. The maximum Gasteiger partial charge on any atom is 0.228 e. The Bertz CT molecular complexity index is 1460. The van der Waals surface area contributed by atoms with Crippen molar-refractivity contribution in [1.29, 1.82) is 0 Å². The van der Waals surface area contributed by atoms with Crippen molar-refractivity contribution >= 4 is 44.1 Å². The first-order chi connectivity index (χ1) is 16.7. The average molecular weight is 510 g/mol. The highest BCUT2D eigenvalue weighted by atomic mass is 35.5. The van der Waals surface area contributed by atoms with Crippen molar-refractivity contribution in [1.82, 2.24) is 9.55 Å². The van der Waals surface area contributed by atoms with Gasteiger partial charge in [-0.25, -0.2) is 13.4 Å². The molecule has 0 saturated heterocycles. The van der Waals surface area contributed by atoms with Crippen LogP contribution in [0.4, 0.5) is 5.69 Å². The number of imidazole rings is 1. The topological polar surface area (TPSA) is 81.1 Å². The monoisotopic (exact) mass is 509 g/mol. The molecule has 0 unspecified atom stereocenters. The number of hydrogen-bond acceptors (Lipinski definition) is 4. The van der Waals surface area contributed by atoms with E-state index in [1.165, 1.54) is 0 Å². The lowest BCUT2D eigenvalue weighted by atomic mass is 10.1. The Morgan fingerprint density at radius 2 is 1.66 bits per heavy atom. The largest absolute Gasteiger partial charge is 0.326 e. The molecule has 0 saturated carbocycles. The zero-order chi connectivity index (χ0) is 25.2. The number of halogens is 1. The molecule has 0 fully saturated rings. The summed E-state index contributed by atoms with van der Waals surface area (Å²) in [6, 6.07) is 20.1. The number of sulfone groups is 1. The smallest absolute Gasteiger partial charge is 0.228 e. The molecule has 3 aromatic carbocycles. The lowest BCUT2D eigenvalue weighted by Gasteiger charge is -2.14. The van der Waals surface area contributed by atoms with E-state index in [9.17, 15) is 13.2 Å². The predicted octanol–water partition coefficient (Wildman–Crippen LogP) is 5.84. The second kappa shape index (κ2) is 10.2. The molecule has 0 radical (unpaired) electrons. The van der Waals surface area contributed by atoms with E-state index in [-0.39, 0.29) is 29.0 Å². The van der Waals surface area contributed by atoms with Crippen LogP contribution in [0, 0.1) is 0 Å². The van der Waals surface area contributed by atoms with Crippen LogP contribution in [0.5, 0.6) is 0 Å². The van der Waals surface area contributed by atoms with Crippen molar-refractivity contribution < 1.29 is 13.2 Å². The van der Waals surface area contributed by atoms with Crippen molar-refractivity contribution in [2.45, 2.75) is 44.6 Å². The summed E-state index contributed by atoms with van der Waals surface area (Å²) in [5.41, 5.74) is 4.38. The zero-order valence-corrected chi connectivity index (χ0v) is 21.5. The van der Waals surface area contributed by atoms with Gasteiger partial charge in [0.15, 0.2) is 9.84 Å². The van der Waals surface area contributed by atoms with Crippen molar-refractivity contribution in [3.8, 4) is 0 Å². The van der Waals surface area contributed by atoms with Gasteiger partial charge >= 0.3 is 0 Å². The fraction of sp³-hybridized carbons (Fsp3) is 0.259. The van der Waals surface area contributed by atoms with Crippen LogP contribution in [0.3, 0.4) is 0 Å². The number of benzene rings is 3. The molecule has 35 heavy (non-hydrogen) atoms. The first kappa shape index (κ1) is 24.9. The molecule has 8 heteroatoms. The highest BCUT2D eigenvalue weighted by molar-refractivity contribution is 7.91. The number of nitrogens with one attached hydrogen (secondary N) is 1. The van der Waals surface area contributed by atoms with Gasteiger partial charge in [-0.3, -0.25) is 4.79 Å². The number of carbonyl (C=O) groups is 1. The summed E-state index contributed by atoms with van der Waals surface area (Å²) < 4.78 is 26.2. The highest BCUT2D eigenvalue weighted by Gasteiger charge is 2.16. The van der Waals surface area contributed by atoms with E-state index in [2.05, 4.69) is 23.7 Å². The molecule has 0 atom stereocenters. The van der Waals surface area contributed by atoms with E-state index in [1.807, 2.05) is 42.5 Å². The van der Waals surface area contributed by atoms with Crippen molar-refractivity contribution in [2.24, 2.45) is 0 Å². The van der Waals surface area contributed by atoms with Crippen LogP contribution < -0.4 is 5.32 Å². The van der Waals surface area contributed by atoms with Gasteiger partial charge in [-0.15, -0.1) is 0 Å². The molecule has 0 aliphatic heterocycles. The third-order valence-electron chi connectivity index (χ3n) is 5.87. The summed E-state index contributed by atoms with van der Waals surface area (Å²) in [6.45, 7) is 5.83. The maximum atomic E-state index is 12.7. The molecule has 4 rings (SSSR count). The molecule has 0 spiro atoms. The number of fused-ring (bicyclic) bond motifs is 1. The van der Waals surface area contributed by atoms with E-state index >= 15 is 0 Å². The molecule has 0 bridgehead atoms. The number of aromatic nitrogens is 2. The Balaban J connectivity index is 1.53. The van der Waals surface area contributed by atoms with Gasteiger partial charge in [-0.1, -0.05) is 42.8 Å². The number of nitrogens with zero attached hydrogens (tertiary/aromatic N) is 2. The minimum atomic E-state index is -3.26. The minimum Gasteiger partial charge on any atom is -0.326 e. The average Bonchev–Trinajstić information content (AvgIpc) is 3.18. The van der Waals surface area contributed by atoms with Crippen molar-refractivity contribution in [2.75, 3.05) is 11.1 Å². The quantitative estimate of drug-likeness (QED) is 0.323. The molecule has 182 valence electrons. The maximum absolute atomic E-state index is 12.7. The predicted molar refractivity (Wildman–Crippen MR) is 141 cm³/mol. The molecule has 1 amide bonds. The van der Waals surface area contributed by atoms with Gasteiger partial charge in [-0.05, 0) is 67.4 Å². The normalized spacial score (nSPS) is 11.8. The fourth-order valence-electron chi connectivity index (χ4n) is 4.08. The van der Waals surface area contributed by atoms with Gasteiger partial charge < -0.3 is 9.88 Å². The molecule has 1 aromatic heterocycles. The molecular formula is C27H28ClN3O3S. The van der Waals surface area contributed by atoms with Gasteiger partial charge in [0, 0.05) is 23.2 Å². The Morgan fingerprint density at radius 3 is 2.29 bits per heavy atom. The SMILES string of the molecule is CCS(=O)(=O)c1ccc(CC(=O)Nc2ccc3nc(Cc4ccc(Cl)cc4)n(C(C)C)c3c2)cc1. The van der Waals surface area contributed by atoms with Gasteiger partial charge in [0.05, 0.1) is 28.1 Å². The Labute approximate surface area is 210 Å². The summed E-state index contributed by atoms with van der Waals surface area (Å²) in [6.07, 6.45) is 0.825. The summed E-state index contributed by atoms with van der Waals surface area (Å²) in [5, 5.41) is 3.66.